The lowest BCUT2D eigenvalue weighted by atomic mass is 10.0. The van der Waals surface area contributed by atoms with Crippen LogP contribution in [-0.2, 0) is 16.6 Å². The van der Waals surface area contributed by atoms with Gasteiger partial charge in [-0.25, -0.2) is 8.42 Å². The number of aryl methyl sites for hydroxylation is 2. The van der Waals surface area contributed by atoms with Gasteiger partial charge in [0.15, 0.2) is 0 Å². The van der Waals surface area contributed by atoms with Gasteiger partial charge in [0.2, 0.25) is 10.0 Å². The van der Waals surface area contributed by atoms with E-state index in [9.17, 15) is 13.2 Å². The van der Waals surface area contributed by atoms with Gasteiger partial charge >= 0.3 is 0 Å². The molecule has 3 aromatic rings. The maximum Gasteiger partial charge on any atom is 0.252 e. The van der Waals surface area contributed by atoms with Gasteiger partial charge < -0.3 is 14.6 Å². The zero-order chi connectivity index (χ0) is 23.9. The predicted octanol–water partition coefficient (Wildman–Crippen LogP) is 3.96. The van der Waals surface area contributed by atoms with Crippen LogP contribution in [0.5, 0.6) is 5.75 Å². The summed E-state index contributed by atoms with van der Waals surface area (Å²) in [6.07, 6.45) is 0. The summed E-state index contributed by atoms with van der Waals surface area (Å²) in [5, 5.41) is 0.924. The standard InChI is InChI=1S/C25H31N3O4S/c1-6-27-11-12-32-23-14-20(9-10-22(23)27)33(30,31)28(16(2)3)15-19-13-21-17(4)7-8-18(5)24(21)26-25(19)29/h7-10,13-14,16H,6,11-12,15H2,1-5H3,(H,26,29). The molecule has 0 spiro atoms. The molecule has 0 bridgehead atoms. The topological polar surface area (TPSA) is 82.7 Å². The SMILES string of the molecule is CCN1CCOc2cc(S(=O)(=O)N(Cc3cc4c(C)ccc(C)c4[nH]c3=O)C(C)C)ccc21. The number of anilines is 1. The van der Waals surface area contributed by atoms with Gasteiger partial charge in [-0.05, 0) is 63.9 Å². The summed E-state index contributed by atoms with van der Waals surface area (Å²) in [4.78, 5) is 18.2. The Morgan fingerprint density at radius 3 is 2.55 bits per heavy atom. The number of aromatic amines is 1. The van der Waals surface area contributed by atoms with Crippen molar-refractivity contribution in [1.29, 1.82) is 0 Å². The fourth-order valence-electron chi connectivity index (χ4n) is 4.33. The van der Waals surface area contributed by atoms with Crippen molar-refractivity contribution in [3.63, 3.8) is 0 Å². The van der Waals surface area contributed by atoms with Gasteiger partial charge in [-0.3, -0.25) is 4.79 Å². The molecule has 4 rings (SSSR count). The molecule has 176 valence electrons. The van der Waals surface area contributed by atoms with Crippen LogP contribution in [0.25, 0.3) is 10.9 Å². The first-order valence-corrected chi connectivity index (χ1v) is 12.7. The molecule has 2 aromatic carbocycles. The average Bonchev–Trinajstić information content (AvgIpc) is 2.79. The van der Waals surface area contributed by atoms with E-state index in [2.05, 4.69) is 16.8 Å². The number of hydrogen-bond donors (Lipinski definition) is 1. The van der Waals surface area contributed by atoms with Crippen molar-refractivity contribution >= 4 is 26.6 Å². The molecule has 0 radical (unpaired) electrons. The maximum absolute atomic E-state index is 13.7. The third kappa shape index (κ3) is 4.25. The van der Waals surface area contributed by atoms with Crippen LogP contribution >= 0.6 is 0 Å². The number of benzene rings is 2. The molecule has 0 fully saturated rings. The van der Waals surface area contributed by atoms with E-state index in [0.717, 1.165) is 40.8 Å². The summed E-state index contributed by atoms with van der Waals surface area (Å²) in [5.41, 5.74) is 3.83. The second kappa shape index (κ2) is 8.83. The number of likely N-dealkylation sites (N-methyl/N-ethyl adjacent to an activating group) is 1. The molecule has 1 N–H and O–H groups in total. The molecule has 33 heavy (non-hydrogen) atoms. The summed E-state index contributed by atoms with van der Waals surface area (Å²) < 4.78 is 34.4. The number of sulfonamides is 1. The first kappa shape index (κ1) is 23.3. The molecule has 8 heteroatoms. The lowest BCUT2D eigenvalue weighted by molar-refractivity contribution is 0.307. The number of H-pyrrole nitrogens is 1. The summed E-state index contributed by atoms with van der Waals surface area (Å²) in [6, 6.07) is 10.5. The predicted molar refractivity (Wildman–Crippen MR) is 132 cm³/mol. The van der Waals surface area contributed by atoms with E-state index >= 15 is 0 Å². The average molecular weight is 470 g/mol. The van der Waals surface area contributed by atoms with Gasteiger partial charge in [0.1, 0.15) is 12.4 Å². The summed E-state index contributed by atoms with van der Waals surface area (Å²) in [6.45, 7) is 11.7. The molecule has 0 amide bonds. The molecule has 0 saturated carbocycles. The molecule has 0 unspecified atom stereocenters. The van der Waals surface area contributed by atoms with E-state index in [1.165, 1.54) is 4.31 Å². The number of aromatic nitrogens is 1. The van der Waals surface area contributed by atoms with Crippen molar-refractivity contribution in [2.75, 3.05) is 24.6 Å². The Morgan fingerprint density at radius 1 is 1.12 bits per heavy atom. The highest BCUT2D eigenvalue weighted by Gasteiger charge is 2.30. The largest absolute Gasteiger partial charge is 0.490 e. The third-order valence-electron chi connectivity index (χ3n) is 6.30. The Labute approximate surface area is 195 Å². The highest BCUT2D eigenvalue weighted by molar-refractivity contribution is 7.89. The number of hydrogen-bond acceptors (Lipinski definition) is 5. The Balaban J connectivity index is 1.74. The summed E-state index contributed by atoms with van der Waals surface area (Å²) in [7, 11) is -3.86. The van der Waals surface area contributed by atoms with Gasteiger partial charge in [0.25, 0.3) is 5.56 Å². The highest BCUT2D eigenvalue weighted by atomic mass is 32.2. The Bertz CT molecular complexity index is 1360. The fourth-order valence-corrected chi connectivity index (χ4v) is 5.96. The van der Waals surface area contributed by atoms with Crippen LogP contribution < -0.4 is 15.2 Å². The van der Waals surface area contributed by atoms with Crippen molar-refractivity contribution in [2.24, 2.45) is 0 Å². The molecular weight excluding hydrogens is 438 g/mol. The van der Waals surface area contributed by atoms with E-state index in [1.807, 2.05) is 45.9 Å². The number of pyridine rings is 1. The molecule has 1 aromatic heterocycles. The summed E-state index contributed by atoms with van der Waals surface area (Å²) in [5.74, 6) is 0.572. The number of nitrogens with one attached hydrogen (secondary N) is 1. The minimum absolute atomic E-state index is 0.0162. The van der Waals surface area contributed by atoms with Crippen molar-refractivity contribution in [3.05, 3.63) is 63.4 Å². The van der Waals surface area contributed by atoms with Crippen LogP contribution in [0, 0.1) is 13.8 Å². The quantitative estimate of drug-likeness (QED) is 0.591. The second-order valence-corrected chi connectivity index (χ2v) is 10.7. The van der Waals surface area contributed by atoms with Gasteiger partial charge in [0, 0.05) is 36.1 Å². The van der Waals surface area contributed by atoms with E-state index in [1.54, 1.807) is 18.2 Å². The molecule has 0 saturated heterocycles. The Morgan fingerprint density at radius 2 is 1.85 bits per heavy atom. The third-order valence-corrected chi connectivity index (χ3v) is 8.32. The smallest absolute Gasteiger partial charge is 0.252 e. The van der Waals surface area contributed by atoms with Crippen LogP contribution in [0.1, 0.15) is 37.5 Å². The molecule has 0 aliphatic carbocycles. The first-order valence-electron chi connectivity index (χ1n) is 11.3. The van der Waals surface area contributed by atoms with E-state index < -0.39 is 10.0 Å². The normalized spacial score (nSPS) is 14.1. The van der Waals surface area contributed by atoms with Crippen molar-refractivity contribution < 1.29 is 13.2 Å². The van der Waals surface area contributed by atoms with Gasteiger partial charge in [0.05, 0.1) is 22.6 Å². The zero-order valence-electron chi connectivity index (χ0n) is 19.8. The minimum Gasteiger partial charge on any atom is -0.490 e. The Hall–Kier alpha value is -2.84. The lowest BCUT2D eigenvalue weighted by Crippen LogP contribution is -2.38. The molecule has 0 atom stereocenters. The van der Waals surface area contributed by atoms with E-state index in [-0.39, 0.29) is 23.0 Å². The molecule has 1 aliphatic rings. The molecular formula is C25H31N3O4S. The monoisotopic (exact) mass is 469 g/mol. The van der Waals surface area contributed by atoms with E-state index in [0.29, 0.717) is 17.9 Å². The van der Waals surface area contributed by atoms with Crippen molar-refractivity contribution in [2.45, 2.75) is 52.1 Å². The number of ether oxygens (including phenoxy) is 1. The van der Waals surface area contributed by atoms with Crippen LogP contribution in [0.3, 0.4) is 0 Å². The Kier molecular flexibility index (Phi) is 6.24. The number of rotatable bonds is 6. The maximum atomic E-state index is 13.7. The zero-order valence-corrected chi connectivity index (χ0v) is 20.6. The molecule has 7 nitrogen and oxygen atoms in total. The number of fused-ring (bicyclic) bond motifs is 2. The second-order valence-electron chi connectivity index (χ2n) is 8.81. The minimum atomic E-state index is -3.86. The molecule has 1 aliphatic heterocycles. The van der Waals surface area contributed by atoms with Crippen molar-refractivity contribution in [3.8, 4) is 5.75 Å². The van der Waals surface area contributed by atoms with Crippen LogP contribution in [0.15, 0.2) is 46.1 Å². The fraction of sp³-hybridized carbons (Fsp3) is 0.400. The van der Waals surface area contributed by atoms with Crippen LogP contribution in [-0.4, -0.2) is 43.4 Å². The van der Waals surface area contributed by atoms with Crippen LogP contribution in [0.2, 0.25) is 0 Å². The highest BCUT2D eigenvalue weighted by Crippen LogP contribution is 2.35. The first-order chi connectivity index (χ1) is 15.6. The summed E-state index contributed by atoms with van der Waals surface area (Å²) >= 11 is 0. The van der Waals surface area contributed by atoms with Crippen molar-refractivity contribution in [1.82, 2.24) is 9.29 Å². The van der Waals surface area contributed by atoms with E-state index in [4.69, 9.17) is 4.74 Å². The number of nitrogens with zero attached hydrogens (tertiary/aromatic N) is 2. The van der Waals surface area contributed by atoms with Gasteiger partial charge in [-0.1, -0.05) is 12.1 Å². The molecule has 2 heterocycles. The van der Waals surface area contributed by atoms with Gasteiger partial charge in [-0.15, -0.1) is 0 Å². The van der Waals surface area contributed by atoms with Crippen LogP contribution in [0.4, 0.5) is 5.69 Å². The van der Waals surface area contributed by atoms with Gasteiger partial charge in [-0.2, -0.15) is 4.31 Å². The lowest BCUT2D eigenvalue weighted by Gasteiger charge is -2.31.